The van der Waals surface area contributed by atoms with E-state index in [-0.39, 0.29) is 18.3 Å². The Bertz CT molecular complexity index is 1080. The highest BCUT2D eigenvalue weighted by molar-refractivity contribution is 9.10. The molecule has 0 aliphatic heterocycles. The predicted octanol–water partition coefficient (Wildman–Crippen LogP) is 3.99. The van der Waals surface area contributed by atoms with E-state index in [9.17, 15) is 4.79 Å². The first-order valence-electron chi connectivity index (χ1n) is 7.98. The molecule has 0 saturated carbocycles. The highest BCUT2D eigenvalue weighted by atomic mass is 79.9. The van der Waals surface area contributed by atoms with Crippen molar-refractivity contribution in [3.63, 3.8) is 0 Å². The molecule has 136 valence electrons. The molecular formula is C18H13BrN4O4. The number of carbonyl (C=O) groups excluding carboxylic acids is 1. The van der Waals surface area contributed by atoms with Gasteiger partial charge in [-0.05, 0) is 31.2 Å². The third-order valence-corrected chi connectivity index (χ3v) is 4.29. The van der Waals surface area contributed by atoms with Crippen LogP contribution in [0.2, 0.25) is 0 Å². The summed E-state index contributed by atoms with van der Waals surface area (Å²) in [4.78, 5) is 16.9. The van der Waals surface area contributed by atoms with Crippen LogP contribution in [0.15, 0.2) is 60.6 Å². The van der Waals surface area contributed by atoms with E-state index in [2.05, 4.69) is 36.5 Å². The Kier molecular flexibility index (Phi) is 4.59. The molecule has 27 heavy (non-hydrogen) atoms. The van der Waals surface area contributed by atoms with Crippen molar-refractivity contribution in [2.24, 2.45) is 0 Å². The quantitative estimate of drug-likeness (QED) is 0.511. The second-order valence-corrected chi connectivity index (χ2v) is 6.56. The van der Waals surface area contributed by atoms with Crippen molar-refractivity contribution >= 4 is 21.8 Å². The van der Waals surface area contributed by atoms with Crippen molar-refractivity contribution in [1.82, 2.24) is 20.6 Å². The van der Waals surface area contributed by atoms with Crippen molar-refractivity contribution in [2.75, 3.05) is 0 Å². The number of hydrogen-bond donors (Lipinski definition) is 1. The minimum Gasteiger partial charge on any atom is -0.459 e. The third kappa shape index (κ3) is 3.54. The molecule has 1 aromatic carbocycles. The molecule has 9 heteroatoms. The average molecular weight is 429 g/mol. The van der Waals surface area contributed by atoms with E-state index in [1.807, 2.05) is 24.3 Å². The zero-order valence-electron chi connectivity index (χ0n) is 14.1. The van der Waals surface area contributed by atoms with Crippen molar-refractivity contribution in [2.45, 2.75) is 13.5 Å². The molecule has 4 rings (SSSR count). The van der Waals surface area contributed by atoms with Crippen LogP contribution in [0, 0.1) is 6.92 Å². The second-order valence-electron chi connectivity index (χ2n) is 5.65. The summed E-state index contributed by atoms with van der Waals surface area (Å²) in [5.41, 5.74) is 1.60. The van der Waals surface area contributed by atoms with Gasteiger partial charge in [-0.3, -0.25) is 4.79 Å². The van der Waals surface area contributed by atoms with Crippen LogP contribution in [0.1, 0.15) is 21.9 Å². The molecule has 0 spiro atoms. The van der Waals surface area contributed by atoms with Gasteiger partial charge in [0.15, 0.2) is 11.6 Å². The van der Waals surface area contributed by atoms with Gasteiger partial charge in [-0.2, -0.15) is 4.98 Å². The van der Waals surface area contributed by atoms with Crippen LogP contribution in [0.25, 0.3) is 22.9 Å². The lowest BCUT2D eigenvalue weighted by molar-refractivity contribution is 0.0948. The van der Waals surface area contributed by atoms with E-state index >= 15 is 0 Å². The zero-order chi connectivity index (χ0) is 18.8. The van der Waals surface area contributed by atoms with E-state index in [0.29, 0.717) is 28.6 Å². The Hall–Kier alpha value is -3.20. The molecular weight excluding hydrogens is 416 g/mol. The van der Waals surface area contributed by atoms with Gasteiger partial charge in [0.05, 0.1) is 12.8 Å². The Morgan fingerprint density at radius 1 is 1.19 bits per heavy atom. The molecule has 0 aliphatic rings. The zero-order valence-corrected chi connectivity index (χ0v) is 15.7. The Morgan fingerprint density at radius 2 is 2.07 bits per heavy atom. The molecule has 0 saturated heterocycles. The van der Waals surface area contributed by atoms with Gasteiger partial charge in [-0.1, -0.05) is 38.4 Å². The summed E-state index contributed by atoms with van der Waals surface area (Å²) < 4.78 is 16.4. The number of hydrogen-bond acceptors (Lipinski definition) is 7. The van der Waals surface area contributed by atoms with Crippen molar-refractivity contribution in [1.29, 1.82) is 0 Å². The number of halogens is 1. The maximum atomic E-state index is 12.7. The summed E-state index contributed by atoms with van der Waals surface area (Å²) in [6.07, 6.45) is 1.51. The first-order chi connectivity index (χ1) is 13.1. The number of aromatic nitrogens is 3. The molecule has 0 fully saturated rings. The van der Waals surface area contributed by atoms with E-state index in [1.54, 1.807) is 19.1 Å². The summed E-state index contributed by atoms with van der Waals surface area (Å²) >= 11 is 3.41. The molecule has 1 N–H and O–H groups in total. The first-order valence-corrected chi connectivity index (χ1v) is 8.78. The number of carbonyl (C=O) groups is 1. The molecule has 0 unspecified atom stereocenters. The molecule has 3 heterocycles. The summed E-state index contributed by atoms with van der Waals surface area (Å²) in [6.45, 7) is 1.78. The maximum absolute atomic E-state index is 12.7. The van der Waals surface area contributed by atoms with Crippen LogP contribution < -0.4 is 5.32 Å². The minimum absolute atomic E-state index is 0.0889. The summed E-state index contributed by atoms with van der Waals surface area (Å²) in [7, 11) is 0. The summed E-state index contributed by atoms with van der Waals surface area (Å²) in [5.74, 6) is 1.12. The number of amides is 1. The molecule has 0 radical (unpaired) electrons. The number of nitrogens with zero attached hydrogens (tertiary/aromatic N) is 3. The van der Waals surface area contributed by atoms with Crippen molar-refractivity contribution < 1.29 is 18.3 Å². The lowest BCUT2D eigenvalue weighted by Crippen LogP contribution is -2.24. The monoisotopic (exact) mass is 428 g/mol. The number of aryl methyl sites for hydroxylation is 1. The van der Waals surface area contributed by atoms with E-state index in [1.165, 1.54) is 6.26 Å². The van der Waals surface area contributed by atoms with Crippen LogP contribution in [-0.2, 0) is 6.54 Å². The lowest BCUT2D eigenvalue weighted by atomic mass is 10.1. The fraction of sp³-hybridized carbons (Fsp3) is 0.111. The van der Waals surface area contributed by atoms with Crippen LogP contribution >= 0.6 is 15.9 Å². The molecule has 3 aromatic heterocycles. The lowest BCUT2D eigenvalue weighted by Gasteiger charge is -2.04. The van der Waals surface area contributed by atoms with Gasteiger partial charge in [0.25, 0.3) is 11.8 Å². The normalized spacial score (nSPS) is 10.9. The van der Waals surface area contributed by atoms with Crippen LogP contribution in [-0.4, -0.2) is 21.2 Å². The SMILES string of the molecule is Cc1onc(-c2cccc(Br)c2)c1C(=O)NCc1noc(-c2ccco2)n1. The van der Waals surface area contributed by atoms with Gasteiger partial charge < -0.3 is 18.8 Å². The highest BCUT2D eigenvalue weighted by Gasteiger charge is 2.22. The van der Waals surface area contributed by atoms with Crippen LogP contribution in [0.4, 0.5) is 0 Å². The fourth-order valence-corrected chi connectivity index (χ4v) is 2.95. The van der Waals surface area contributed by atoms with Gasteiger partial charge in [0, 0.05) is 10.0 Å². The summed E-state index contributed by atoms with van der Waals surface area (Å²) in [6, 6.07) is 10.9. The third-order valence-electron chi connectivity index (χ3n) is 3.79. The van der Waals surface area contributed by atoms with E-state index in [0.717, 1.165) is 10.0 Å². The van der Waals surface area contributed by atoms with Gasteiger partial charge in [0.2, 0.25) is 0 Å². The maximum Gasteiger partial charge on any atom is 0.293 e. The Labute approximate surface area is 161 Å². The standard InChI is InChI=1S/C18H13BrN4O4/c1-10-15(16(23-26-10)11-4-2-5-12(19)8-11)17(24)20-9-14-21-18(27-22-14)13-6-3-7-25-13/h2-8H,9H2,1H3,(H,20,24). The van der Waals surface area contributed by atoms with Gasteiger partial charge in [-0.15, -0.1) is 0 Å². The number of nitrogens with one attached hydrogen (secondary N) is 1. The Morgan fingerprint density at radius 3 is 2.85 bits per heavy atom. The number of furan rings is 1. The molecule has 1 amide bonds. The highest BCUT2D eigenvalue weighted by Crippen LogP contribution is 2.27. The smallest absolute Gasteiger partial charge is 0.293 e. The number of benzene rings is 1. The molecule has 0 aliphatic carbocycles. The Balaban J connectivity index is 1.52. The fourth-order valence-electron chi connectivity index (χ4n) is 2.55. The van der Waals surface area contributed by atoms with E-state index < -0.39 is 0 Å². The van der Waals surface area contributed by atoms with Crippen LogP contribution in [0.5, 0.6) is 0 Å². The minimum atomic E-state index is -0.340. The van der Waals surface area contributed by atoms with Gasteiger partial charge in [0.1, 0.15) is 17.0 Å². The van der Waals surface area contributed by atoms with Gasteiger partial charge >= 0.3 is 0 Å². The first kappa shape index (κ1) is 17.2. The average Bonchev–Trinajstić information content (AvgIpc) is 3.40. The molecule has 4 aromatic rings. The second kappa shape index (κ2) is 7.20. The van der Waals surface area contributed by atoms with Crippen molar-refractivity contribution in [3.05, 3.63) is 64.3 Å². The molecule has 8 nitrogen and oxygen atoms in total. The van der Waals surface area contributed by atoms with Crippen LogP contribution in [0.3, 0.4) is 0 Å². The predicted molar refractivity (Wildman–Crippen MR) is 97.5 cm³/mol. The molecule has 0 bridgehead atoms. The van der Waals surface area contributed by atoms with Gasteiger partial charge in [-0.25, -0.2) is 0 Å². The number of rotatable bonds is 5. The topological polar surface area (TPSA) is 107 Å². The van der Waals surface area contributed by atoms with Crippen molar-refractivity contribution in [3.8, 4) is 22.9 Å². The molecule has 0 atom stereocenters. The van der Waals surface area contributed by atoms with E-state index in [4.69, 9.17) is 13.5 Å². The largest absolute Gasteiger partial charge is 0.459 e. The summed E-state index contributed by atoms with van der Waals surface area (Å²) in [5, 5.41) is 10.6.